The van der Waals surface area contributed by atoms with Crippen LogP contribution < -0.4 is 8.92 Å². The molecule has 2 amide bonds. The molecule has 4 rings (SSSR count). The molecule has 0 aromatic heterocycles. The minimum absolute atomic E-state index is 0.0455. The van der Waals surface area contributed by atoms with Gasteiger partial charge in [0.2, 0.25) is 0 Å². The average Bonchev–Trinajstić information content (AvgIpc) is 3.08. The van der Waals surface area contributed by atoms with Crippen LogP contribution in [0.2, 0.25) is 0 Å². The Hall–Kier alpha value is -3.08. The summed E-state index contributed by atoms with van der Waals surface area (Å²) in [5.41, 5.74) is 2.59. The van der Waals surface area contributed by atoms with E-state index >= 15 is 0 Å². The van der Waals surface area contributed by atoms with Gasteiger partial charge in [0.05, 0.1) is 15.9 Å². The first-order chi connectivity index (χ1) is 17.1. The summed E-state index contributed by atoms with van der Waals surface area (Å²) in [6.45, 7) is 4.12. The Labute approximate surface area is 222 Å². The number of aryl methyl sites for hydroxylation is 2. The number of carbonyl (C=O) groups is 2. The van der Waals surface area contributed by atoms with Gasteiger partial charge in [-0.15, -0.1) is 0 Å². The molecular formula is C26H22BrNO6S2. The Morgan fingerprint density at radius 1 is 0.972 bits per heavy atom. The molecule has 1 fully saturated rings. The van der Waals surface area contributed by atoms with E-state index in [1.807, 2.05) is 38.1 Å². The Morgan fingerprint density at radius 3 is 2.42 bits per heavy atom. The highest BCUT2D eigenvalue weighted by Crippen LogP contribution is 2.34. The molecule has 0 aliphatic carbocycles. The zero-order valence-corrected chi connectivity index (χ0v) is 22.7. The van der Waals surface area contributed by atoms with E-state index in [4.69, 9.17) is 8.92 Å². The van der Waals surface area contributed by atoms with E-state index in [-0.39, 0.29) is 33.9 Å². The maximum atomic E-state index is 12.8. The van der Waals surface area contributed by atoms with Gasteiger partial charge in [-0.3, -0.25) is 14.5 Å². The summed E-state index contributed by atoms with van der Waals surface area (Å²) in [5.74, 6) is 0.374. The van der Waals surface area contributed by atoms with Crippen LogP contribution in [0.15, 0.2) is 81.0 Å². The number of halogens is 1. The molecule has 0 radical (unpaired) electrons. The normalized spacial score (nSPS) is 15.0. The third-order valence-electron chi connectivity index (χ3n) is 5.21. The number of imide groups is 1. The fraction of sp³-hybridized carbons (Fsp3) is 0.154. The molecule has 3 aromatic carbocycles. The van der Waals surface area contributed by atoms with Crippen molar-refractivity contribution >= 4 is 55.0 Å². The predicted octanol–water partition coefficient (Wildman–Crippen LogP) is 5.95. The van der Waals surface area contributed by atoms with Crippen molar-refractivity contribution in [3.05, 3.63) is 92.8 Å². The number of nitrogens with zero attached hydrogens (tertiary/aromatic N) is 1. The van der Waals surface area contributed by atoms with Gasteiger partial charge in [-0.1, -0.05) is 35.9 Å². The summed E-state index contributed by atoms with van der Waals surface area (Å²) < 4.78 is 36.5. The van der Waals surface area contributed by atoms with Crippen LogP contribution in [0, 0.1) is 13.8 Å². The number of benzene rings is 3. The van der Waals surface area contributed by atoms with Crippen molar-refractivity contribution in [1.82, 2.24) is 4.90 Å². The zero-order chi connectivity index (χ0) is 25.9. The fourth-order valence-corrected chi connectivity index (χ4v) is 5.75. The van der Waals surface area contributed by atoms with Gasteiger partial charge >= 0.3 is 10.1 Å². The van der Waals surface area contributed by atoms with Gasteiger partial charge in [0.1, 0.15) is 17.3 Å². The number of ether oxygens (including phenoxy) is 1. The molecular weight excluding hydrogens is 566 g/mol. The van der Waals surface area contributed by atoms with E-state index in [1.54, 1.807) is 30.3 Å². The van der Waals surface area contributed by atoms with Crippen molar-refractivity contribution < 1.29 is 26.9 Å². The minimum atomic E-state index is -4.01. The predicted molar refractivity (Wildman–Crippen MR) is 142 cm³/mol. The first-order valence-electron chi connectivity index (χ1n) is 10.9. The summed E-state index contributed by atoms with van der Waals surface area (Å²) in [5, 5.41) is -0.373. The topological polar surface area (TPSA) is 90.0 Å². The first-order valence-corrected chi connectivity index (χ1v) is 13.9. The lowest BCUT2D eigenvalue weighted by Crippen LogP contribution is -2.32. The number of hydrogen-bond donors (Lipinski definition) is 0. The molecule has 1 aliphatic heterocycles. The van der Waals surface area contributed by atoms with Crippen LogP contribution in [-0.4, -0.2) is 37.6 Å². The monoisotopic (exact) mass is 587 g/mol. The third-order valence-corrected chi connectivity index (χ3v) is 7.99. The summed E-state index contributed by atoms with van der Waals surface area (Å²) in [6.07, 6.45) is 1.58. The van der Waals surface area contributed by atoms with Crippen LogP contribution in [0.1, 0.15) is 16.7 Å². The third kappa shape index (κ3) is 6.18. The van der Waals surface area contributed by atoms with Crippen molar-refractivity contribution in [1.29, 1.82) is 0 Å². The maximum Gasteiger partial charge on any atom is 0.339 e. The molecule has 0 unspecified atom stereocenters. The number of thioether (sulfide) groups is 1. The summed E-state index contributed by atoms with van der Waals surface area (Å²) >= 11 is 4.17. The van der Waals surface area contributed by atoms with Gasteiger partial charge in [-0.2, -0.15) is 8.42 Å². The van der Waals surface area contributed by atoms with Crippen molar-refractivity contribution in [3.8, 4) is 11.5 Å². The molecule has 36 heavy (non-hydrogen) atoms. The van der Waals surface area contributed by atoms with E-state index in [0.29, 0.717) is 15.8 Å². The van der Waals surface area contributed by atoms with Crippen LogP contribution in [0.25, 0.3) is 6.08 Å². The fourth-order valence-electron chi connectivity index (χ4n) is 3.35. The number of hydrogen-bond acceptors (Lipinski definition) is 7. The minimum Gasteiger partial charge on any atom is -0.492 e. The second-order valence-electron chi connectivity index (χ2n) is 8.04. The molecule has 0 spiro atoms. The van der Waals surface area contributed by atoms with Crippen molar-refractivity contribution in [3.63, 3.8) is 0 Å². The van der Waals surface area contributed by atoms with Crippen LogP contribution in [0.4, 0.5) is 4.79 Å². The molecule has 3 aromatic rings. The largest absolute Gasteiger partial charge is 0.492 e. The van der Waals surface area contributed by atoms with Gasteiger partial charge < -0.3 is 8.92 Å². The second kappa shape index (κ2) is 10.9. The van der Waals surface area contributed by atoms with Gasteiger partial charge in [0, 0.05) is 0 Å². The van der Waals surface area contributed by atoms with E-state index in [0.717, 1.165) is 27.8 Å². The van der Waals surface area contributed by atoms with Crippen molar-refractivity contribution in [2.24, 2.45) is 0 Å². The molecule has 1 heterocycles. The molecule has 0 N–H and O–H groups in total. The van der Waals surface area contributed by atoms with Crippen LogP contribution in [0.3, 0.4) is 0 Å². The molecule has 0 atom stereocenters. The SMILES string of the molecule is Cc1ccc(S(=O)(=O)Oc2ccc(/C=C3\SC(=O)N(CCOc4cccc(C)c4)C3=O)cc2Br)cc1. The van der Waals surface area contributed by atoms with Crippen molar-refractivity contribution in [2.45, 2.75) is 18.7 Å². The average molecular weight is 589 g/mol. The summed E-state index contributed by atoms with van der Waals surface area (Å²) in [4.78, 5) is 26.6. The van der Waals surface area contributed by atoms with Gasteiger partial charge in [-0.25, -0.2) is 0 Å². The van der Waals surface area contributed by atoms with E-state index in [9.17, 15) is 18.0 Å². The first kappa shape index (κ1) is 26.0. The maximum absolute atomic E-state index is 12.8. The quantitative estimate of drug-likeness (QED) is 0.237. The van der Waals surface area contributed by atoms with Crippen LogP contribution in [0.5, 0.6) is 11.5 Å². The molecule has 1 aliphatic rings. The van der Waals surface area contributed by atoms with Crippen LogP contribution >= 0.6 is 27.7 Å². The number of carbonyl (C=O) groups excluding carboxylic acids is 2. The molecule has 10 heteroatoms. The van der Waals surface area contributed by atoms with Crippen molar-refractivity contribution in [2.75, 3.05) is 13.2 Å². The molecule has 1 saturated heterocycles. The lowest BCUT2D eigenvalue weighted by molar-refractivity contribution is -0.123. The lowest BCUT2D eigenvalue weighted by Gasteiger charge is -2.13. The number of rotatable bonds is 8. The molecule has 0 bridgehead atoms. The van der Waals surface area contributed by atoms with Gasteiger partial charge in [0.25, 0.3) is 11.1 Å². The number of amides is 2. The molecule has 186 valence electrons. The van der Waals surface area contributed by atoms with E-state index < -0.39 is 16.0 Å². The molecule has 0 saturated carbocycles. The van der Waals surface area contributed by atoms with Crippen LogP contribution in [-0.2, 0) is 14.9 Å². The molecule has 7 nitrogen and oxygen atoms in total. The van der Waals surface area contributed by atoms with E-state index in [2.05, 4.69) is 15.9 Å². The standard InChI is InChI=1S/C26H22BrNO6S2/c1-17-6-9-21(10-7-17)36(31,32)34-23-11-8-19(15-22(23)27)16-24-25(29)28(26(30)35-24)12-13-33-20-5-3-4-18(2)14-20/h3-11,14-16H,12-13H2,1-2H3/b24-16-. The van der Waals surface area contributed by atoms with E-state index in [1.165, 1.54) is 18.2 Å². The lowest BCUT2D eigenvalue weighted by atomic mass is 10.2. The highest BCUT2D eigenvalue weighted by atomic mass is 79.9. The highest BCUT2D eigenvalue weighted by molar-refractivity contribution is 9.10. The Kier molecular flexibility index (Phi) is 7.87. The smallest absolute Gasteiger partial charge is 0.339 e. The van der Waals surface area contributed by atoms with Gasteiger partial charge in [-0.05, 0) is 95.1 Å². The summed E-state index contributed by atoms with van der Waals surface area (Å²) in [6, 6.07) is 18.6. The Morgan fingerprint density at radius 2 is 1.72 bits per heavy atom. The van der Waals surface area contributed by atoms with Gasteiger partial charge in [0.15, 0.2) is 5.75 Å². The second-order valence-corrected chi connectivity index (χ2v) is 11.4. The summed E-state index contributed by atoms with van der Waals surface area (Å²) in [7, 11) is -4.01. The zero-order valence-electron chi connectivity index (χ0n) is 19.4. The Bertz CT molecular complexity index is 1450. The highest BCUT2D eigenvalue weighted by Gasteiger charge is 2.34. The Balaban J connectivity index is 1.42.